The summed E-state index contributed by atoms with van der Waals surface area (Å²) in [5.74, 6) is 0.229. The minimum absolute atomic E-state index is 0.0296. The van der Waals surface area contributed by atoms with Crippen molar-refractivity contribution >= 4 is 17.1 Å². The third kappa shape index (κ3) is 1.79. The van der Waals surface area contributed by atoms with Crippen LogP contribution < -0.4 is 0 Å². The first-order valence-electron chi connectivity index (χ1n) is 5.97. The number of carbonyl (C=O) groups is 1. The molecule has 0 fully saturated rings. The minimum atomic E-state index is 0.0296. The molecule has 0 N–H and O–H groups in total. The number of fused-ring (bicyclic) bond motifs is 1. The summed E-state index contributed by atoms with van der Waals surface area (Å²) in [5, 5.41) is 5.04. The van der Waals surface area contributed by atoms with Crippen molar-refractivity contribution < 1.29 is 4.79 Å². The zero-order chi connectivity index (χ0) is 12.9. The number of nitrogens with zero attached hydrogens (tertiary/aromatic N) is 3. The number of hydrogen-bond acceptors (Lipinski definition) is 4. The van der Waals surface area contributed by atoms with E-state index in [0.29, 0.717) is 6.42 Å². The lowest BCUT2D eigenvalue weighted by atomic mass is 9.78. The second-order valence-electron chi connectivity index (χ2n) is 5.58. The smallest absolute Gasteiger partial charge is 0.175 e. The van der Waals surface area contributed by atoms with Crippen molar-refractivity contribution in [3.8, 4) is 10.7 Å². The molecule has 0 saturated heterocycles. The first-order chi connectivity index (χ1) is 8.46. The first-order valence-corrected chi connectivity index (χ1v) is 6.79. The average Bonchev–Trinajstić information content (AvgIpc) is 2.82. The standard InChI is InChI=1S/C13H15N3OS/c1-13(2)6-8-11(10(17)7-13)18-12(15-8)9-4-5-14-16(9)3/h4-5H,6-7H2,1-3H3. The number of carbonyl (C=O) groups excluding carboxylic acids is 1. The molecule has 2 aromatic heterocycles. The van der Waals surface area contributed by atoms with Crippen LogP contribution in [0.15, 0.2) is 12.3 Å². The van der Waals surface area contributed by atoms with E-state index in [2.05, 4.69) is 23.9 Å². The Labute approximate surface area is 110 Å². The van der Waals surface area contributed by atoms with Crippen LogP contribution in [0.5, 0.6) is 0 Å². The van der Waals surface area contributed by atoms with Gasteiger partial charge in [-0.1, -0.05) is 13.8 Å². The Morgan fingerprint density at radius 1 is 1.39 bits per heavy atom. The van der Waals surface area contributed by atoms with E-state index in [4.69, 9.17) is 0 Å². The summed E-state index contributed by atoms with van der Waals surface area (Å²) in [4.78, 5) is 17.6. The number of ketones is 1. The molecular weight excluding hydrogens is 246 g/mol. The van der Waals surface area contributed by atoms with E-state index in [1.54, 1.807) is 10.9 Å². The molecule has 0 unspecified atom stereocenters. The molecule has 94 valence electrons. The lowest BCUT2D eigenvalue weighted by Crippen LogP contribution is -2.25. The second-order valence-corrected chi connectivity index (χ2v) is 6.57. The molecule has 0 bridgehead atoms. The molecule has 0 aromatic carbocycles. The van der Waals surface area contributed by atoms with Gasteiger partial charge < -0.3 is 0 Å². The number of aryl methyl sites for hydroxylation is 1. The third-order valence-corrected chi connectivity index (χ3v) is 4.44. The highest BCUT2D eigenvalue weighted by Crippen LogP contribution is 2.39. The fourth-order valence-corrected chi connectivity index (χ4v) is 3.49. The van der Waals surface area contributed by atoms with E-state index in [-0.39, 0.29) is 11.2 Å². The summed E-state index contributed by atoms with van der Waals surface area (Å²) in [6.45, 7) is 4.24. The molecule has 0 saturated carbocycles. The van der Waals surface area contributed by atoms with Crippen LogP contribution in [0.1, 0.15) is 35.6 Å². The zero-order valence-electron chi connectivity index (χ0n) is 10.7. The van der Waals surface area contributed by atoms with Crippen molar-refractivity contribution in [3.63, 3.8) is 0 Å². The van der Waals surface area contributed by atoms with Gasteiger partial charge >= 0.3 is 0 Å². The van der Waals surface area contributed by atoms with Crippen LogP contribution in [0, 0.1) is 5.41 Å². The van der Waals surface area contributed by atoms with Crippen LogP contribution >= 0.6 is 11.3 Å². The summed E-state index contributed by atoms with van der Waals surface area (Å²) >= 11 is 1.49. The highest BCUT2D eigenvalue weighted by Gasteiger charge is 2.34. The molecule has 0 aliphatic heterocycles. The summed E-state index contributed by atoms with van der Waals surface area (Å²) < 4.78 is 1.79. The fourth-order valence-electron chi connectivity index (χ4n) is 2.41. The van der Waals surface area contributed by atoms with Gasteiger partial charge in [-0.2, -0.15) is 5.10 Å². The van der Waals surface area contributed by atoms with Gasteiger partial charge in [0.25, 0.3) is 0 Å². The molecular formula is C13H15N3OS. The van der Waals surface area contributed by atoms with Crippen LogP contribution in [0.2, 0.25) is 0 Å². The van der Waals surface area contributed by atoms with E-state index >= 15 is 0 Å². The van der Waals surface area contributed by atoms with Crippen molar-refractivity contribution in [2.24, 2.45) is 12.5 Å². The van der Waals surface area contributed by atoms with Gasteiger partial charge in [-0.3, -0.25) is 9.48 Å². The molecule has 2 heterocycles. The van der Waals surface area contributed by atoms with E-state index in [0.717, 1.165) is 27.7 Å². The van der Waals surface area contributed by atoms with Gasteiger partial charge in [0.2, 0.25) is 0 Å². The molecule has 1 aliphatic rings. The lowest BCUT2D eigenvalue weighted by molar-refractivity contribution is 0.0916. The van der Waals surface area contributed by atoms with Gasteiger partial charge in [0.1, 0.15) is 5.01 Å². The molecule has 0 amide bonds. The van der Waals surface area contributed by atoms with Crippen molar-refractivity contribution in [1.29, 1.82) is 0 Å². The number of Topliss-reactive ketones (excluding diaryl/α,β-unsaturated/α-hetero) is 1. The van der Waals surface area contributed by atoms with Gasteiger partial charge in [0, 0.05) is 19.7 Å². The molecule has 1 aliphatic carbocycles. The van der Waals surface area contributed by atoms with Crippen molar-refractivity contribution in [1.82, 2.24) is 14.8 Å². The normalized spacial score (nSPS) is 17.8. The predicted octanol–water partition coefficient (Wildman–Crippen LogP) is 2.70. The third-order valence-electron chi connectivity index (χ3n) is 3.28. The maximum Gasteiger partial charge on any atom is 0.175 e. The molecule has 5 heteroatoms. The largest absolute Gasteiger partial charge is 0.293 e. The number of thiazole rings is 1. The van der Waals surface area contributed by atoms with Gasteiger partial charge in [-0.25, -0.2) is 4.98 Å². The Morgan fingerprint density at radius 2 is 2.17 bits per heavy atom. The highest BCUT2D eigenvalue weighted by atomic mass is 32.1. The Balaban J connectivity index is 2.08. The van der Waals surface area contributed by atoms with E-state index < -0.39 is 0 Å². The maximum atomic E-state index is 12.1. The highest BCUT2D eigenvalue weighted by molar-refractivity contribution is 7.17. The Bertz CT molecular complexity index is 624. The molecule has 2 aromatic rings. The quantitative estimate of drug-likeness (QED) is 0.793. The van der Waals surface area contributed by atoms with Gasteiger partial charge in [-0.05, 0) is 17.9 Å². The Hall–Kier alpha value is -1.49. The summed E-state index contributed by atoms with van der Waals surface area (Å²) in [7, 11) is 1.89. The maximum absolute atomic E-state index is 12.1. The number of hydrogen-bond donors (Lipinski definition) is 0. The van der Waals surface area contributed by atoms with E-state index in [1.807, 2.05) is 13.1 Å². The molecule has 0 atom stereocenters. The van der Waals surface area contributed by atoms with Crippen LogP contribution in [0.25, 0.3) is 10.7 Å². The Morgan fingerprint density at radius 3 is 2.83 bits per heavy atom. The van der Waals surface area contributed by atoms with Gasteiger partial charge in [-0.15, -0.1) is 11.3 Å². The van der Waals surface area contributed by atoms with E-state index in [1.165, 1.54) is 11.3 Å². The summed E-state index contributed by atoms with van der Waals surface area (Å²) in [6.07, 6.45) is 3.25. The SMILES string of the molecule is Cn1nccc1-c1nc2c(s1)C(=O)CC(C)(C)C2. The first kappa shape index (κ1) is 11.6. The molecule has 0 spiro atoms. The van der Waals surface area contributed by atoms with E-state index in [9.17, 15) is 4.79 Å². The van der Waals surface area contributed by atoms with Gasteiger partial charge in [0.15, 0.2) is 5.78 Å². The zero-order valence-corrected chi connectivity index (χ0v) is 11.5. The van der Waals surface area contributed by atoms with Crippen LogP contribution in [-0.4, -0.2) is 20.5 Å². The van der Waals surface area contributed by atoms with Crippen molar-refractivity contribution in [2.45, 2.75) is 26.7 Å². The van der Waals surface area contributed by atoms with Gasteiger partial charge in [0.05, 0.1) is 16.3 Å². The lowest BCUT2D eigenvalue weighted by Gasteiger charge is -2.26. The minimum Gasteiger partial charge on any atom is -0.293 e. The predicted molar refractivity (Wildman–Crippen MR) is 70.7 cm³/mol. The molecule has 3 rings (SSSR count). The number of rotatable bonds is 1. The number of aromatic nitrogens is 3. The molecule has 4 nitrogen and oxygen atoms in total. The summed E-state index contributed by atoms with van der Waals surface area (Å²) in [6, 6.07) is 1.93. The van der Waals surface area contributed by atoms with Crippen LogP contribution in [0.3, 0.4) is 0 Å². The average molecular weight is 261 g/mol. The fraction of sp³-hybridized carbons (Fsp3) is 0.462. The monoisotopic (exact) mass is 261 g/mol. The topological polar surface area (TPSA) is 47.8 Å². The van der Waals surface area contributed by atoms with Crippen molar-refractivity contribution in [2.75, 3.05) is 0 Å². The molecule has 18 heavy (non-hydrogen) atoms. The van der Waals surface area contributed by atoms with Crippen molar-refractivity contribution in [3.05, 3.63) is 22.8 Å². The van der Waals surface area contributed by atoms with Crippen LogP contribution in [-0.2, 0) is 13.5 Å². The summed E-state index contributed by atoms with van der Waals surface area (Å²) in [5.41, 5.74) is 1.96. The molecule has 0 radical (unpaired) electrons. The second kappa shape index (κ2) is 3.75. The van der Waals surface area contributed by atoms with Crippen LogP contribution in [0.4, 0.5) is 0 Å². The Kier molecular flexibility index (Phi) is 2.41.